The van der Waals surface area contributed by atoms with E-state index in [9.17, 15) is 9.18 Å². The molecule has 1 saturated carbocycles. The number of hydrogen-bond donors (Lipinski definition) is 0. The lowest BCUT2D eigenvalue weighted by Gasteiger charge is -2.33. The number of nitrogens with zero attached hydrogens (tertiary/aromatic N) is 1. The molecule has 1 amide bonds. The van der Waals surface area contributed by atoms with E-state index in [0.29, 0.717) is 17.2 Å². The highest BCUT2D eigenvalue weighted by molar-refractivity contribution is 5.79. The Morgan fingerprint density at radius 3 is 2.86 bits per heavy atom. The van der Waals surface area contributed by atoms with Gasteiger partial charge in [-0.05, 0) is 55.7 Å². The molecule has 114 valence electrons. The lowest BCUT2D eigenvalue weighted by atomic mass is 9.93. The van der Waals surface area contributed by atoms with Crippen LogP contribution in [-0.2, 0) is 11.2 Å². The van der Waals surface area contributed by atoms with E-state index in [1.165, 1.54) is 31.4 Å². The van der Waals surface area contributed by atoms with Crippen molar-refractivity contribution < 1.29 is 13.9 Å². The monoisotopic (exact) mass is 291 g/mol. The van der Waals surface area contributed by atoms with Crippen molar-refractivity contribution in [2.75, 3.05) is 20.2 Å². The van der Waals surface area contributed by atoms with E-state index in [-0.39, 0.29) is 18.1 Å². The smallest absolute Gasteiger partial charge is 0.227 e. The molecule has 2 fully saturated rings. The maximum Gasteiger partial charge on any atom is 0.227 e. The number of halogens is 1. The van der Waals surface area contributed by atoms with Crippen LogP contribution >= 0.6 is 0 Å². The molecule has 3 rings (SSSR count). The van der Waals surface area contributed by atoms with Gasteiger partial charge >= 0.3 is 0 Å². The average Bonchev–Trinajstić information content (AvgIpc) is 3.32. The summed E-state index contributed by atoms with van der Waals surface area (Å²) in [4.78, 5) is 14.4. The fraction of sp³-hybridized carbons (Fsp3) is 0.588. The first-order valence-corrected chi connectivity index (χ1v) is 7.77. The quantitative estimate of drug-likeness (QED) is 0.853. The highest BCUT2D eigenvalue weighted by Gasteiger charge is 2.35. The molecule has 1 heterocycles. The zero-order valence-corrected chi connectivity index (χ0v) is 12.5. The van der Waals surface area contributed by atoms with Crippen LogP contribution in [0.4, 0.5) is 4.39 Å². The van der Waals surface area contributed by atoms with Crippen molar-refractivity contribution in [2.45, 2.75) is 32.1 Å². The molecule has 1 aromatic rings. The van der Waals surface area contributed by atoms with E-state index in [1.807, 2.05) is 4.90 Å². The van der Waals surface area contributed by atoms with Crippen LogP contribution in [0.25, 0.3) is 0 Å². The molecule has 0 spiro atoms. The Morgan fingerprint density at radius 2 is 2.14 bits per heavy atom. The minimum atomic E-state index is -0.326. The van der Waals surface area contributed by atoms with E-state index >= 15 is 0 Å². The number of rotatable bonds is 4. The van der Waals surface area contributed by atoms with Crippen LogP contribution in [0.1, 0.15) is 31.2 Å². The van der Waals surface area contributed by atoms with Gasteiger partial charge in [0.25, 0.3) is 0 Å². The summed E-state index contributed by atoms with van der Waals surface area (Å²) in [5.74, 6) is 1.86. The Labute approximate surface area is 125 Å². The van der Waals surface area contributed by atoms with Crippen molar-refractivity contribution >= 4 is 5.91 Å². The van der Waals surface area contributed by atoms with E-state index in [0.717, 1.165) is 25.4 Å². The summed E-state index contributed by atoms with van der Waals surface area (Å²) in [5, 5.41) is 0. The number of piperidine rings is 1. The van der Waals surface area contributed by atoms with Crippen molar-refractivity contribution in [1.29, 1.82) is 0 Å². The van der Waals surface area contributed by atoms with Crippen LogP contribution < -0.4 is 4.74 Å². The van der Waals surface area contributed by atoms with Gasteiger partial charge in [-0.2, -0.15) is 0 Å². The highest BCUT2D eigenvalue weighted by Crippen LogP contribution is 2.41. The predicted molar refractivity (Wildman–Crippen MR) is 78.7 cm³/mol. The standard InChI is InChI=1S/C17H22FNO2/c1-21-16-7-6-15(18)9-14(16)10-17(20)19-8-2-3-13(11-19)12-4-5-12/h6-7,9,12-13H,2-5,8,10-11H2,1H3. The third-order valence-corrected chi connectivity index (χ3v) is 4.68. The summed E-state index contributed by atoms with van der Waals surface area (Å²) in [5.41, 5.74) is 0.635. The Kier molecular flexibility index (Phi) is 4.13. The fourth-order valence-corrected chi connectivity index (χ4v) is 3.35. The van der Waals surface area contributed by atoms with Crippen LogP contribution in [0.2, 0.25) is 0 Å². The average molecular weight is 291 g/mol. The Balaban J connectivity index is 1.66. The summed E-state index contributed by atoms with van der Waals surface area (Å²) < 4.78 is 18.6. The first-order valence-electron chi connectivity index (χ1n) is 7.77. The minimum Gasteiger partial charge on any atom is -0.496 e. The first-order chi connectivity index (χ1) is 10.2. The lowest BCUT2D eigenvalue weighted by Crippen LogP contribution is -2.41. The summed E-state index contributed by atoms with van der Waals surface area (Å²) in [6, 6.07) is 4.34. The molecule has 1 saturated heterocycles. The SMILES string of the molecule is COc1ccc(F)cc1CC(=O)N1CCCC(C2CC2)C1. The highest BCUT2D eigenvalue weighted by atomic mass is 19.1. The van der Waals surface area contributed by atoms with Crippen LogP contribution in [0.15, 0.2) is 18.2 Å². The maximum absolute atomic E-state index is 13.4. The number of carbonyl (C=O) groups is 1. The molecule has 21 heavy (non-hydrogen) atoms. The van der Waals surface area contributed by atoms with Crippen molar-refractivity contribution in [3.63, 3.8) is 0 Å². The number of carbonyl (C=O) groups excluding carboxylic acids is 1. The van der Waals surface area contributed by atoms with Gasteiger partial charge < -0.3 is 9.64 Å². The van der Waals surface area contributed by atoms with E-state index in [2.05, 4.69) is 0 Å². The molecule has 0 aromatic heterocycles. The molecule has 1 atom stereocenters. The van der Waals surface area contributed by atoms with Crippen molar-refractivity contribution in [2.24, 2.45) is 11.8 Å². The number of amides is 1. The van der Waals surface area contributed by atoms with Gasteiger partial charge in [0.15, 0.2) is 0 Å². The summed E-state index contributed by atoms with van der Waals surface area (Å²) >= 11 is 0. The second-order valence-corrected chi connectivity index (χ2v) is 6.21. The number of likely N-dealkylation sites (tertiary alicyclic amines) is 1. The molecule has 3 nitrogen and oxygen atoms in total. The molecule has 4 heteroatoms. The van der Waals surface area contributed by atoms with Gasteiger partial charge in [0.05, 0.1) is 13.5 Å². The minimum absolute atomic E-state index is 0.0873. The van der Waals surface area contributed by atoms with Gasteiger partial charge in [-0.25, -0.2) is 4.39 Å². The Morgan fingerprint density at radius 1 is 1.33 bits per heavy atom. The second-order valence-electron chi connectivity index (χ2n) is 6.21. The number of ether oxygens (including phenoxy) is 1. The Bertz CT molecular complexity index is 528. The normalized spacial score (nSPS) is 22.2. The molecule has 2 aliphatic rings. The molecule has 0 radical (unpaired) electrons. The Hall–Kier alpha value is -1.58. The summed E-state index contributed by atoms with van der Waals surface area (Å²) in [7, 11) is 1.55. The molecule has 1 aliphatic heterocycles. The van der Waals surface area contributed by atoms with Gasteiger partial charge in [-0.3, -0.25) is 4.79 Å². The zero-order chi connectivity index (χ0) is 14.8. The second kappa shape index (κ2) is 6.04. The van der Waals surface area contributed by atoms with Crippen molar-refractivity contribution in [3.8, 4) is 5.75 Å². The molecule has 1 unspecified atom stereocenters. The van der Waals surface area contributed by atoms with E-state index in [4.69, 9.17) is 4.74 Å². The van der Waals surface area contributed by atoms with Crippen molar-refractivity contribution in [3.05, 3.63) is 29.6 Å². The zero-order valence-electron chi connectivity index (χ0n) is 12.5. The number of methoxy groups -OCH3 is 1. The fourth-order valence-electron chi connectivity index (χ4n) is 3.35. The van der Waals surface area contributed by atoms with Gasteiger partial charge in [-0.1, -0.05) is 0 Å². The molecular weight excluding hydrogens is 269 g/mol. The molecule has 0 N–H and O–H groups in total. The third kappa shape index (κ3) is 3.36. The first kappa shape index (κ1) is 14.4. The number of hydrogen-bond acceptors (Lipinski definition) is 2. The van der Waals surface area contributed by atoms with Gasteiger partial charge in [-0.15, -0.1) is 0 Å². The molecule has 1 aromatic carbocycles. The summed E-state index contributed by atoms with van der Waals surface area (Å²) in [6.45, 7) is 1.71. The van der Waals surface area contributed by atoms with Crippen LogP contribution in [0.3, 0.4) is 0 Å². The largest absolute Gasteiger partial charge is 0.496 e. The molecule has 1 aliphatic carbocycles. The predicted octanol–water partition coefficient (Wildman–Crippen LogP) is 3.03. The third-order valence-electron chi connectivity index (χ3n) is 4.68. The van der Waals surface area contributed by atoms with Crippen LogP contribution in [0.5, 0.6) is 5.75 Å². The molecular formula is C17H22FNO2. The van der Waals surface area contributed by atoms with E-state index < -0.39 is 0 Å². The van der Waals surface area contributed by atoms with Crippen LogP contribution in [-0.4, -0.2) is 31.0 Å². The maximum atomic E-state index is 13.4. The lowest BCUT2D eigenvalue weighted by molar-refractivity contribution is -0.132. The van der Waals surface area contributed by atoms with Gasteiger partial charge in [0.1, 0.15) is 11.6 Å². The van der Waals surface area contributed by atoms with Gasteiger partial charge in [0, 0.05) is 18.7 Å². The van der Waals surface area contributed by atoms with Gasteiger partial charge in [0.2, 0.25) is 5.91 Å². The van der Waals surface area contributed by atoms with Crippen LogP contribution in [0, 0.1) is 17.7 Å². The topological polar surface area (TPSA) is 29.5 Å². The molecule has 0 bridgehead atoms. The summed E-state index contributed by atoms with van der Waals surface area (Å²) in [6.07, 6.45) is 5.21. The van der Waals surface area contributed by atoms with Crippen molar-refractivity contribution in [1.82, 2.24) is 4.90 Å². The van der Waals surface area contributed by atoms with E-state index in [1.54, 1.807) is 13.2 Å². The number of benzene rings is 1.